The summed E-state index contributed by atoms with van der Waals surface area (Å²) >= 11 is 0. The highest BCUT2D eigenvalue weighted by Crippen LogP contribution is 2.48. The van der Waals surface area contributed by atoms with E-state index < -0.39 is 0 Å². The van der Waals surface area contributed by atoms with Crippen LogP contribution in [0.25, 0.3) is 0 Å². The average Bonchev–Trinajstić information content (AvgIpc) is 2.92. The van der Waals surface area contributed by atoms with E-state index in [1.807, 2.05) is 0 Å². The van der Waals surface area contributed by atoms with Gasteiger partial charge in [-0.05, 0) is 49.9 Å². The third-order valence-electron chi connectivity index (χ3n) is 5.46. The second-order valence-corrected chi connectivity index (χ2v) is 6.87. The summed E-state index contributed by atoms with van der Waals surface area (Å²) in [5.41, 5.74) is 6.40. The van der Waals surface area contributed by atoms with Crippen LogP contribution >= 0.6 is 0 Å². The van der Waals surface area contributed by atoms with Gasteiger partial charge in [-0.3, -0.25) is 0 Å². The average molecular weight is 237 g/mol. The van der Waals surface area contributed by atoms with Gasteiger partial charge in [-0.15, -0.1) is 0 Å². The van der Waals surface area contributed by atoms with Gasteiger partial charge in [0.2, 0.25) is 0 Å². The molecule has 0 heterocycles. The molecular formula is C15H27NO. The van der Waals surface area contributed by atoms with Crippen LogP contribution in [0.3, 0.4) is 0 Å². The molecule has 0 spiro atoms. The molecule has 3 saturated carbocycles. The molecule has 0 amide bonds. The minimum absolute atomic E-state index is 0.00979. The Bertz CT molecular complexity index is 260. The maximum Gasteiger partial charge on any atom is 0.0646 e. The summed E-state index contributed by atoms with van der Waals surface area (Å²) in [6, 6.07) is 0. The molecule has 98 valence electrons. The van der Waals surface area contributed by atoms with E-state index in [2.05, 4.69) is 0 Å². The van der Waals surface area contributed by atoms with Crippen molar-refractivity contribution in [1.29, 1.82) is 0 Å². The van der Waals surface area contributed by atoms with Gasteiger partial charge in [-0.2, -0.15) is 0 Å². The van der Waals surface area contributed by atoms with Crippen molar-refractivity contribution in [2.24, 2.45) is 23.5 Å². The van der Waals surface area contributed by atoms with E-state index in [9.17, 15) is 0 Å². The lowest BCUT2D eigenvalue weighted by molar-refractivity contribution is 0.0338. The molecule has 3 atom stereocenters. The van der Waals surface area contributed by atoms with Gasteiger partial charge in [0.1, 0.15) is 0 Å². The molecule has 17 heavy (non-hydrogen) atoms. The number of hydrogen-bond donors (Lipinski definition) is 1. The Hall–Kier alpha value is -0.0800. The maximum absolute atomic E-state index is 6.39. The molecule has 0 aromatic carbocycles. The molecule has 2 N–H and O–H groups in total. The lowest BCUT2D eigenvalue weighted by Gasteiger charge is -2.34. The minimum atomic E-state index is 0.00979. The number of rotatable bonds is 4. The molecule has 0 aromatic heterocycles. The second kappa shape index (κ2) is 4.89. The third kappa shape index (κ3) is 2.68. The Labute approximate surface area is 105 Å². The molecule has 0 aliphatic heterocycles. The normalized spacial score (nSPS) is 39.7. The van der Waals surface area contributed by atoms with Crippen molar-refractivity contribution in [2.75, 3.05) is 13.2 Å². The predicted octanol–water partition coefficient (Wildman–Crippen LogP) is 3.10. The highest BCUT2D eigenvalue weighted by atomic mass is 16.5. The molecule has 3 unspecified atom stereocenters. The van der Waals surface area contributed by atoms with Gasteiger partial charge in [0.15, 0.2) is 0 Å². The van der Waals surface area contributed by atoms with Crippen LogP contribution in [0, 0.1) is 17.8 Å². The Kier molecular flexibility index (Phi) is 3.45. The Morgan fingerprint density at radius 2 is 1.88 bits per heavy atom. The Balaban J connectivity index is 1.40. The van der Waals surface area contributed by atoms with Crippen LogP contribution in [0.5, 0.6) is 0 Å². The summed E-state index contributed by atoms with van der Waals surface area (Å²) < 4.78 is 5.99. The molecule has 3 fully saturated rings. The van der Waals surface area contributed by atoms with Gasteiger partial charge in [-0.1, -0.05) is 25.7 Å². The van der Waals surface area contributed by atoms with Gasteiger partial charge in [0.05, 0.1) is 6.61 Å². The fraction of sp³-hybridized carbons (Fsp3) is 1.00. The second-order valence-electron chi connectivity index (χ2n) is 6.87. The van der Waals surface area contributed by atoms with E-state index >= 15 is 0 Å². The van der Waals surface area contributed by atoms with Crippen molar-refractivity contribution in [2.45, 2.75) is 63.3 Å². The molecule has 3 aliphatic rings. The lowest BCUT2D eigenvalue weighted by Crippen LogP contribution is -2.46. The molecule has 0 saturated heterocycles. The van der Waals surface area contributed by atoms with Crippen LogP contribution in [0.15, 0.2) is 0 Å². The molecule has 0 radical (unpaired) electrons. The van der Waals surface area contributed by atoms with Gasteiger partial charge in [0, 0.05) is 12.1 Å². The molecule has 3 rings (SSSR count). The van der Waals surface area contributed by atoms with Crippen molar-refractivity contribution < 1.29 is 4.74 Å². The number of hydrogen-bond acceptors (Lipinski definition) is 2. The molecule has 2 nitrogen and oxygen atoms in total. The van der Waals surface area contributed by atoms with Gasteiger partial charge < -0.3 is 10.5 Å². The SMILES string of the molecule is NC1(COCC2CC3CCC2C3)CCCCC1. The minimum Gasteiger partial charge on any atom is -0.379 e. The zero-order valence-corrected chi connectivity index (χ0v) is 11.0. The molecule has 2 bridgehead atoms. The van der Waals surface area contributed by atoms with E-state index in [0.29, 0.717) is 0 Å². The smallest absolute Gasteiger partial charge is 0.0646 e. The van der Waals surface area contributed by atoms with E-state index in [4.69, 9.17) is 10.5 Å². The van der Waals surface area contributed by atoms with E-state index in [1.165, 1.54) is 57.8 Å². The summed E-state index contributed by atoms with van der Waals surface area (Å²) in [6.07, 6.45) is 12.2. The summed E-state index contributed by atoms with van der Waals surface area (Å²) in [7, 11) is 0. The first kappa shape index (κ1) is 12.0. The number of ether oxygens (including phenoxy) is 1. The van der Waals surface area contributed by atoms with Crippen LogP contribution in [0.4, 0.5) is 0 Å². The van der Waals surface area contributed by atoms with Crippen molar-refractivity contribution in [3.05, 3.63) is 0 Å². The fourth-order valence-corrected chi connectivity index (χ4v) is 4.39. The standard InChI is InChI=1S/C15H27NO/c16-15(6-2-1-3-7-15)11-17-10-14-9-12-4-5-13(14)8-12/h12-14H,1-11,16H2. The van der Waals surface area contributed by atoms with E-state index in [1.54, 1.807) is 0 Å². The van der Waals surface area contributed by atoms with Crippen molar-refractivity contribution in [1.82, 2.24) is 0 Å². The van der Waals surface area contributed by atoms with Crippen molar-refractivity contribution in [3.63, 3.8) is 0 Å². The zero-order chi connectivity index (χ0) is 11.7. The largest absolute Gasteiger partial charge is 0.379 e. The van der Waals surface area contributed by atoms with E-state index in [-0.39, 0.29) is 5.54 Å². The van der Waals surface area contributed by atoms with Crippen LogP contribution in [0.2, 0.25) is 0 Å². The zero-order valence-electron chi connectivity index (χ0n) is 11.0. The highest BCUT2D eigenvalue weighted by Gasteiger charge is 2.39. The van der Waals surface area contributed by atoms with Gasteiger partial charge in [0.25, 0.3) is 0 Å². The Morgan fingerprint density at radius 1 is 1.06 bits per heavy atom. The van der Waals surface area contributed by atoms with E-state index in [0.717, 1.165) is 31.0 Å². The molecule has 0 aromatic rings. The summed E-state index contributed by atoms with van der Waals surface area (Å²) in [5, 5.41) is 0. The van der Waals surface area contributed by atoms with Crippen LogP contribution in [-0.2, 0) is 4.74 Å². The van der Waals surface area contributed by atoms with Crippen LogP contribution < -0.4 is 5.73 Å². The van der Waals surface area contributed by atoms with Gasteiger partial charge in [-0.25, -0.2) is 0 Å². The molecular weight excluding hydrogens is 210 g/mol. The molecule has 3 aliphatic carbocycles. The quantitative estimate of drug-likeness (QED) is 0.815. The molecule has 2 heteroatoms. The fourth-order valence-electron chi connectivity index (χ4n) is 4.39. The Morgan fingerprint density at radius 3 is 2.53 bits per heavy atom. The van der Waals surface area contributed by atoms with Crippen LogP contribution in [-0.4, -0.2) is 18.8 Å². The monoisotopic (exact) mass is 237 g/mol. The van der Waals surface area contributed by atoms with Gasteiger partial charge >= 0.3 is 0 Å². The summed E-state index contributed by atoms with van der Waals surface area (Å²) in [6.45, 7) is 1.79. The lowest BCUT2D eigenvalue weighted by atomic mass is 9.83. The van der Waals surface area contributed by atoms with Crippen molar-refractivity contribution >= 4 is 0 Å². The summed E-state index contributed by atoms with van der Waals surface area (Å²) in [5.74, 6) is 2.89. The number of nitrogens with two attached hydrogens (primary N) is 1. The summed E-state index contributed by atoms with van der Waals surface area (Å²) in [4.78, 5) is 0. The predicted molar refractivity (Wildman–Crippen MR) is 69.8 cm³/mol. The number of fused-ring (bicyclic) bond motifs is 2. The van der Waals surface area contributed by atoms with Crippen LogP contribution in [0.1, 0.15) is 57.8 Å². The topological polar surface area (TPSA) is 35.2 Å². The highest BCUT2D eigenvalue weighted by molar-refractivity contribution is 4.91. The first-order chi connectivity index (χ1) is 8.25. The first-order valence-corrected chi connectivity index (χ1v) is 7.62. The third-order valence-corrected chi connectivity index (χ3v) is 5.46. The maximum atomic E-state index is 6.39. The van der Waals surface area contributed by atoms with Crippen molar-refractivity contribution in [3.8, 4) is 0 Å². The first-order valence-electron chi connectivity index (χ1n) is 7.62.